The molecule has 0 radical (unpaired) electrons. The Morgan fingerprint density at radius 2 is 2.31 bits per heavy atom. The minimum Gasteiger partial charge on any atom is -0.312 e. The summed E-state index contributed by atoms with van der Waals surface area (Å²) in [5, 5.41) is 2.90. The first-order chi connectivity index (χ1) is 6.31. The van der Waals surface area contributed by atoms with Crippen LogP contribution in [0.25, 0.3) is 0 Å². The fraction of sp³-hybridized carbons (Fsp3) is 0.800. The van der Waals surface area contributed by atoms with E-state index in [1.807, 2.05) is 0 Å². The third-order valence-electron chi connectivity index (χ3n) is 2.90. The third-order valence-corrected chi connectivity index (χ3v) is 2.90. The molecule has 2 rings (SSSR count). The van der Waals surface area contributed by atoms with Crippen molar-refractivity contribution in [3.05, 3.63) is 0 Å². The van der Waals surface area contributed by atoms with Crippen LogP contribution < -0.4 is 5.32 Å². The molecule has 1 atom stereocenters. The maximum absolute atomic E-state index is 11.4. The fourth-order valence-electron chi connectivity index (χ4n) is 1.83. The summed E-state index contributed by atoms with van der Waals surface area (Å²) in [7, 11) is 0. The van der Waals surface area contributed by atoms with Gasteiger partial charge in [-0.2, -0.15) is 0 Å². The molecule has 0 bridgehead atoms. The lowest BCUT2D eigenvalue weighted by molar-refractivity contribution is -0.120. The van der Waals surface area contributed by atoms with Crippen LogP contribution in [0.2, 0.25) is 0 Å². The van der Waals surface area contributed by atoms with Crippen LogP contribution in [0.1, 0.15) is 39.0 Å². The van der Waals surface area contributed by atoms with Crippen molar-refractivity contribution in [2.45, 2.75) is 45.1 Å². The molecule has 0 saturated heterocycles. The molecule has 0 aromatic rings. The Morgan fingerprint density at radius 3 is 2.85 bits per heavy atom. The standard InChI is InChI=1S/C10H16N2O/c1-2-4-8-10(13)12-9(11-8)7-5-3-6-7/h7-8H,2-6H2,1H3,(H,11,12,13). The molecule has 0 spiro atoms. The van der Waals surface area contributed by atoms with Crippen LogP contribution >= 0.6 is 0 Å². The number of nitrogens with one attached hydrogen (secondary N) is 1. The zero-order valence-electron chi connectivity index (χ0n) is 8.05. The maximum Gasteiger partial charge on any atom is 0.250 e. The van der Waals surface area contributed by atoms with Crippen LogP contribution in [-0.2, 0) is 4.79 Å². The Morgan fingerprint density at radius 1 is 1.54 bits per heavy atom. The molecule has 1 amide bonds. The van der Waals surface area contributed by atoms with Crippen molar-refractivity contribution >= 4 is 11.7 Å². The van der Waals surface area contributed by atoms with Crippen LogP contribution in [0.5, 0.6) is 0 Å². The highest BCUT2D eigenvalue weighted by atomic mass is 16.2. The van der Waals surface area contributed by atoms with Crippen LogP contribution in [0.4, 0.5) is 0 Å². The van der Waals surface area contributed by atoms with Gasteiger partial charge in [0.1, 0.15) is 11.9 Å². The SMILES string of the molecule is CCCC1N=C(C2CCC2)NC1=O. The van der Waals surface area contributed by atoms with Crippen LogP contribution in [0.3, 0.4) is 0 Å². The zero-order valence-corrected chi connectivity index (χ0v) is 8.05. The molecular formula is C10H16N2O. The number of aliphatic imine (C=N–C) groups is 1. The Bertz CT molecular complexity index is 243. The Hall–Kier alpha value is -0.860. The average Bonchev–Trinajstić information content (AvgIpc) is 2.30. The number of hydrogen-bond donors (Lipinski definition) is 1. The van der Waals surface area contributed by atoms with Crippen molar-refractivity contribution < 1.29 is 4.79 Å². The number of hydrogen-bond acceptors (Lipinski definition) is 2. The van der Waals surface area contributed by atoms with Crippen LogP contribution in [-0.4, -0.2) is 17.8 Å². The van der Waals surface area contributed by atoms with E-state index in [1.54, 1.807) is 0 Å². The van der Waals surface area contributed by atoms with E-state index in [0.717, 1.165) is 18.7 Å². The van der Waals surface area contributed by atoms with E-state index in [-0.39, 0.29) is 11.9 Å². The lowest BCUT2D eigenvalue weighted by atomic mass is 9.84. The molecule has 1 saturated carbocycles. The van der Waals surface area contributed by atoms with E-state index < -0.39 is 0 Å². The fourth-order valence-corrected chi connectivity index (χ4v) is 1.83. The molecule has 0 aromatic heterocycles. The number of rotatable bonds is 3. The molecule has 1 aliphatic carbocycles. The number of amides is 1. The van der Waals surface area contributed by atoms with Gasteiger partial charge in [0.05, 0.1) is 0 Å². The number of nitrogens with zero attached hydrogens (tertiary/aromatic N) is 1. The predicted molar refractivity (Wildman–Crippen MR) is 51.6 cm³/mol. The summed E-state index contributed by atoms with van der Waals surface area (Å²) >= 11 is 0. The zero-order chi connectivity index (χ0) is 9.26. The molecule has 1 unspecified atom stereocenters. The summed E-state index contributed by atoms with van der Waals surface area (Å²) in [5.74, 6) is 1.64. The highest BCUT2D eigenvalue weighted by Crippen LogP contribution is 2.29. The molecule has 1 aliphatic heterocycles. The Balaban J connectivity index is 1.98. The highest BCUT2D eigenvalue weighted by molar-refractivity contribution is 6.06. The van der Waals surface area contributed by atoms with E-state index >= 15 is 0 Å². The molecule has 1 heterocycles. The average molecular weight is 180 g/mol. The minimum absolute atomic E-state index is 0.0828. The van der Waals surface area contributed by atoms with Gasteiger partial charge in [0.15, 0.2) is 0 Å². The third kappa shape index (κ3) is 1.60. The first-order valence-corrected chi connectivity index (χ1v) is 5.20. The number of carbonyl (C=O) groups is 1. The largest absolute Gasteiger partial charge is 0.312 e. The Kier molecular flexibility index (Phi) is 2.34. The van der Waals surface area contributed by atoms with E-state index in [0.29, 0.717) is 5.92 Å². The number of carbonyl (C=O) groups excluding carboxylic acids is 1. The normalized spacial score (nSPS) is 28.2. The van der Waals surface area contributed by atoms with Gasteiger partial charge in [0.2, 0.25) is 5.91 Å². The quantitative estimate of drug-likeness (QED) is 0.702. The van der Waals surface area contributed by atoms with Gasteiger partial charge >= 0.3 is 0 Å². The first kappa shape index (κ1) is 8.73. The van der Waals surface area contributed by atoms with Gasteiger partial charge in [-0.05, 0) is 19.3 Å². The van der Waals surface area contributed by atoms with E-state index in [1.165, 1.54) is 19.3 Å². The second-order valence-corrected chi connectivity index (χ2v) is 3.94. The Labute approximate surface area is 78.6 Å². The van der Waals surface area contributed by atoms with Crippen molar-refractivity contribution in [3.63, 3.8) is 0 Å². The molecule has 3 heteroatoms. The van der Waals surface area contributed by atoms with Crippen molar-refractivity contribution in [3.8, 4) is 0 Å². The summed E-state index contributed by atoms with van der Waals surface area (Å²) in [6.07, 6.45) is 5.62. The monoisotopic (exact) mass is 180 g/mol. The van der Waals surface area contributed by atoms with Gasteiger partial charge in [0, 0.05) is 5.92 Å². The van der Waals surface area contributed by atoms with Crippen molar-refractivity contribution in [1.29, 1.82) is 0 Å². The lowest BCUT2D eigenvalue weighted by Crippen LogP contribution is -2.35. The number of amidine groups is 1. The summed E-state index contributed by atoms with van der Waals surface area (Å²) in [4.78, 5) is 15.8. The molecule has 1 fully saturated rings. The molecule has 3 nitrogen and oxygen atoms in total. The summed E-state index contributed by atoms with van der Waals surface area (Å²) in [6.45, 7) is 2.09. The van der Waals surface area contributed by atoms with Gasteiger partial charge < -0.3 is 5.32 Å². The smallest absolute Gasteiger partial charge is 0.250 e. The molecular weight excluding hydrogens is 164 g/mol. The van der Waals surface area contributed by atoms with Gasteiger partial charge in [-0.15, -0.1) is 0 Å². The van der Waals surface area contributed by atoms with Crippen molar-refractivity contribution in [2.24, 2.45) is 10.9 Å². The van der Waals surface area contributed by atoms with Crippen LogP contribution in [0.15, 0.2) is 4.99 Å². The predicted octanol–water partition coefficient (Wildman–Crippen LogP) is 1.48. The topological polar surface area (TPSA) is 41.5 Å². The van der Waals surface area contributed by atoms with Crippen molar-refractivity contribution in [2.75, 3.05) is 0 Å². The molecule has 0 aromatic carbocycles. The molecule has 2 aliphatic rings. The van der Waals surface area contributed by atoms with Gasteiger partial charge in [-0.1, -0.05) is 19.8 Å². The highest BCUT2D eigenvalue weighted by Gasteiger charge is 2.32. The molecule has 72 valence electrons. The van der Waals surface area contributed by atoms with E-state index in [9.17, 15) is 4.79 Å². The van der Waals surface area contributed by atoms with E-state index in [4.69, 9.17) is 0 Å². The van der Waals surface area contributed by atoms with Crippen LogP contribution in [0, 0.1) is 5.92 Å². The van der Waals surface area contributed by atoms with E-state index in [2.05, 4.69) is 17.2 Å². The molecule has 13 heavy (non-hydrogen) atoms. The second-order valence-electron chi connectivity index (χ2n) is 3.94. The van der Waals surface area contributed by atoms with Gasteiger partial charge in [-0.3, -0.25) is 9.79 Å². The van der Waals surface area contributed by atoms with Gasteiger partial charge in [-0.25, -0.2) is 0 Å². The summed E-state index contributed by atoms with van der Waals surface area (Å²) < 4.78 is 0. The summed E-state index contributed by atoms with van der Waals surface area (Å²) in [5.41, 5.74) is 0. The second kappa shape index (κ2) is 3.48. The first-order valence-electron chi connectivity index (χ1n) is 5.20. The summed E-state index contributed by atoms with van der Waals surface area (Å²) in [6, 6.07) is -0.0828. The maximum atomic E-state index is 11.4. The van der Waals surface area contributed by atoms with Gasteiger partial charge in [0.25, 0.3) is 0 Å². The molecule has 1 N–H and O–H groups in total. The minimum atomic E-state index is -0.0828. The van der Waals surface area contributed by atoms with Crippen molar-refractivity contribution in [1.82, 2.24) is 5.32 Å². The lowest BCUT2D eigenvalue weighted by Gasteiger charge is -2.24.